The van der Waals surface area contributed by atoms with E-state index in [9.17, 15) is 4.39 Å². The Morgan fingerprint density at radius 1 is 1.20 bits per heavy atom. The van der Waals surface area contributed by atoms with E-state index in [1.165, 1.54) is 5.56 Å². The van der Waals surface area contributed by atoms with E-state index in [1.54, 1.807) is 0 Å². The summed E-state index contributed by atoms with van der Waals surface area (Å²) in [6, 6.07) is 6.07. The lowest BCUT2D eigenvalue weighted by atomic mass is 9.86. The van der Waals surface area contributed by atoms with Gasteiger partial charge in [0, 0.05) is 0 Å². The highest BCUT2D eigenvalue weighted by Gasteiger charge is 2.14. The van der Waals surface area contributed by atoms with Crippen LogP contribution in [0.25, 0.3) is 0 Å². The van der Waals surface area contributed by atoms with Gasteiger partial charge in [0.15, 0.2) is 0 Å². The first-order valence-electron chi connectivity index (χ1n) is 5.24. The van der Waals surface area contributed by atoms with Gasteiger partial charge < -0.3 is 4.74 Å². The van der Waals surface area contributed by atoms with Gasteiger partial charge in [-0.25, -0.2) is 4.39 Å². The molecule has 0 saturated carbocycles. The van der Waals surface area contributed by atoms with Crippen molar-refractivity contribution in [1.29, 1.82) is 0 Å². The second-order valence-electron chi connectivity index (χ2n) is 4.82. The molecule has 0 radical (unpaired) electrons. The van der Waals surface area contributed by atoms with Crippen LogP contribution in [0.3, 0.4) is 0 Å². The number of aryl methyl sites for hydroxylation is 1. The van der Waals surface area contributed by atoms with E-state index in [4.69, 9.17) is 4.74 Å². The molecule has 0 aliphatic heterocycles. The fourth-order valence-corrected chi connectivity index (χ4v) is 1.42. The molecule has 1 nitrogen and oxygen atoms in total. The number of hydrogen-bond donors (Lipinski definition) is 0. The van der Waals surface area contributed by atoms with Gasteiger partial charge >= 0.3 is 0 Å². The summed E-state index contributed by atoms with van der Waals surface area (Å²) >= 11 is 0. The predicted molar refractivity (Wildman–Crippen MR) is 61.3 cm³/mol. The van der Waals surface area contributed by atoms with Crippen LogP contribution in [-0.4, -0.2) is 13.3 Å². The summed E-state index contributed by atoms with van der Waals surface area (Å²) in [5.74, 6) is 0.762. The van der Waals surface area contributed by atoms with Crippen molar-refractivity contribution in [3.63, 3.8) is 0 Å². The number of hydrogen-bond acceptors (Lipinski definition) is 1. The summed E-state index contributed by atoms with van der Waals surface area (Å²) in [6.45, 7) is 8.17. The van der Waals surface area contributed by atoms with E-state index >= 15 is 0 Å². The largest absolute Gasteiger partial charge is 0.491 e. The molecular weight excluding hydrogens is 190 g/mol. The fraction of sp³-hybridized carbons (Fsp3) is 0.538. The summed E-state index contributed by atoms with van der Waals surface area (Å²) < 4.78 is 17.3. The molecule has 0 atom stereocenters. The van der Waals surface area contributed by atoms with E-state index in [1.807, 2.05) is 19.1 Å². The molecule has 1 aromatic rings. The lowest BCUT2D eigenvalue weighted by Gasteiger charge is -2.20. The summed E-state index contributed by atoms with van der Waals surface area (Å²) in [6.07, 6.45) is 0. The van der Waals surface area contributed by atoms with Gasteiger partial charge in [-0.1, -0.05) is 26.8 Å². The molecule has 0 N–H and O–H groups in total. The SMILES string of the molecule is Cc1cc(OCC[18F])cc(C(C)(C)C)c1. The van der Waals surface area contributed by atoms with E-state index in [-0.39, 0.29) is 12.0 Å². The Labute approximate surface area is 91.3 Å². The maximum atomic E-state index is 12.0. The van der Waals surface area contributed by atoms with Gasteiger partial charge in [-0.15, -0.1) is 0 Å². The summed E-state index contributed by atoms with van der Waals surface area (Å²) in [4.78, 5) is 0. The molecule has 84 valence electrons. The van der Waals surface area contributed by atoms with Gasteiger partial charge in [0.25, 0.3) is 0 Å². The Kier molecular flexibility index (Phi) is 3.72. The van der Waals surface area contributed by atoms with Crippen LogP contribution in [0.2, 0.25) is 0 Å². The Bertz CT molecular complexity index is 326. The minimum absolute atomic E-state index is 0.0971. The average molecular weight is 209 g/mol. The average Bonchev–Trinajstić information content (AvgIpc) is 2.12. The molecule has 0 unspecified atom stereocenters. The van der Waals surface area contributed by atoms with Crippen LogP contribution in [-0.2, 0) is 5.41 Å². The van der Waals surface area contributed by atoms with Crippen molar-refractivity contribution in [2.45, 2.75) is 33.1 Å². The van der Waals surface area contributed by atoms with Crippen LogP contribution in [0.15, 0.2) is 18.2 Å². The van der Waals surface area contributed by atoms with Crippen molar-refractivity contribution in [1.82, 2.24) is 0 Å². The maximum absolute atomic E-state index is 12.0. The highest BCUT2D eigenvalue weighted by molar-refractivity contribution is 5.37. The maximum Gasteiger partial charge on any atom is 0.123 e. The lowest BCUT2D eigenvalue weighted by molar-refractivity contribution is 0.272. The van der Waals surface area contributed by atoms with Crippen LogP contribution in [0.1, 0.15) is 31.9 Å². The molecule has 0 aliphatic carbocycles. The predicted octanol–water partition coefficient (Wildman–Crippen LogP) is 3.64. The van der Waals surface area contributed by atoms with Crippen molar-refractivity contribution in [2.75, 3.05) is 13.3 Å². The summed E-state index contributed by atoms with van der Waals surface area (Å²) in [7, 11) is 0. The number of rotatable bonds is 3. The van der Waals surface area contributed by atoms with Gasteiger partial charge in [0.1, 0.15) is 19.0 Å². The van der Waals surface area contributed by atoms with Gasteiger partial charge in [0.05, 0.1) is 0 Å². The molecule has 0 heterocycles. The Morgan fingerprint density at radius 3 is 2.40 bits per heavy atom. The normalized spacial score (nSPS) is 11.5. The monoisotopic (exact) mass is 209 g/mol. The van der Waals surface area contributed by atoms with Crippen LogP contribution in [0, 0.1) is 6.92 Å². The quantitative estimate of drug-likeness (QED) is 0.738. The first-order valence-corrected chi connectivity index (χ1v) is 5.24. The van der Waals surface area contributed by atoms with Crippen LogP contribution < -0.4 is 4.74 Å². The van der Waals surface area contributed by atoms with Gasteiger partial charge in [-0.2, -0.15) is 0 Å². The molecular formula is C13H19FO. The van der Waals surface area contributed by atoms with Crippen LogP contribution in [0.4, 0.5) is 4.39 Å². The Hall–Kier alpha value is -1.05. The van der Waals surface area contributed by atoms with Gasteiger partial charge in [0.2, 0.25) is 0 Å². The van der Waals surface area contributed by atoms with Crippen LogP contribution >= 0.6 is 0 Å². The Morgan fingerprint density at radius 2 is 1.87 bits per heavy atom. The highest BCUT2D eigenvalue weighted by atomic mass is 18.2. The van der Waals surface area contributed by atoms with Crippen LogP contribution in [0.5, 0.6) is 5.75 Å². The number of alkyl halides is 1. The fourth-order valence-electron chi connectivity index (χ4n) is 1.42. The molecule has 2 heteroatoms. The second-order valence-corrected chi connectivity index (χ2v) is 4.82. The minimum atomic E-state index is -0.446. The number of benzene rings is 1. The zero-order valence-corrected chi connectivity index (χ0v) is 9.93. The molecule has 0 aromatic heterocycles. The molecule has 0 fully saturated rings. The molecule has 0 aliphatic rings. The lowest BCUT2D eigenvalue weighted by Crippen LogP contribution is -2.11. The summed E-state index contributed by atoms with van der Waals surface area (Å²) in [5.41, 5.74) is 2.47. The number of ether oxygens (including phenoxy) is 1. The van der Waals surface area contributed by atoms with Crippen molar-refractivity contribution in [3.05, 3.63) is 29.3 Å². The first kappa shape index (κ1) is 12.0. The standard InChI is InChI=1S/C13H19FO/c1-10-7-11(13(2,3)4)9-12(8-10)15-6-5-14/h7-9H,5-6H2,1-4H3/i14-1. The molecule has 0 saturated heterocycles. The third-order valence-corrected chi connectivity index (χ3v) is 2.26. The topological polar surface area (TPSA) is 9.23 Å². The third kappa shape index (κ3) is 3.54. The van der Waals surface area contributed by atoms with Crippen molar-refractivity contribution < 1.29 is 9.13 Å². The highest BCUT2D eigenvalue weighted by Crippen LogP contribution is 2.27. The van der Waals surface area contributed by atoms with E-state index < -0.39 is 6.67 Å². The van der Waals surface area contributed by atoms with Gasteiger partial charge in [-0.05, 0) is 35.6 Å². The molecule has 0 amide bonds. The van der Waals surface area contributed by atoms with Crippen molar-refractivity contribution in [3.8, 4) is 5.75 Å². The molecule has 15 heavy (non-hydrogen) atoms. The van der Waals surface area contributed by atoms with Gasteiger partial charge in [-0.3, -0.25) is 0 Å². The smallest absolute Gasteiger partial charge is 0.123 e. The third-order valence-electron chi connectivity index (χ3n) is 2.26. The zero-order valence-electron chi connectivity index (χ0n) is 9.93. The molecule has 1 aromatic carbocycles. The first-order chi connectivity index (χ1) is 6.93. The van der Waals surface area contributed by atoms with E-state index in [0.29, 0.717) is 0 Å². The second kappa shape index (κ2) is 4.65. The minimum Gasteiger partial charge on any atom is -0.491 e. The molecule has 0 spiro atoms. The number of halogens is 1. The molecule has 0 bridgehead atoms. The van der Waals surface area contributed by atoms with Crippen molar-refractivity contribution in [2.24, 2.45) is 0 Å². The van der Waals surface area contributed by atoms with E-state index in [2.05, 4.69) is 26.8 Å². The Balaban J connectivity index is 2.95. The zero-order chi connectivity index (χ0) is 11.5. The summed E-state index contributed by atoms with van der Waals surface area (Å²) in [5, 5.41) is 0. The molecule has 1 rings (SSSR count). The van der Waals surface area contributed by atoms with E-state index in [0.717, 1.165) is 11.3 Å². The van der Waals surface area contributed by atoms with Crippen molar-refractivity contribution >= 4 is 0 Å².